The van der Waals surface area contributed by atoms with Gasteiger partial charge in [0.1, 0.15) is 11.6 Å². The second-order valence-corrected chi connectivity index (χ2v) is 8.99. The highest BCUT2D eigenvalue weighted by Crippen LogP contribution is 2.37. The Morgan fingerprint density at radius 3 is 2.47 bits per heavy atom. The number of anilines is 1. The molecular formula is C24H18ClF2N3S2. The van der Waals surface area contributed by atoms with Crippen LogP contribution in [-0.4, -0.2) is 4.98 Å². The summed E-state index contributed by atoms with van der Waals surface area (Å²) in [5.41, 5.74) is 12.0. The van der Waals surface area contributed by atoms with Crippen LogP contribution >= 0.6 is 35.6 Å². The number of nitrogen functional groups attached to an aromatic ring is 1. The summed E-state index contributed by atoms with van der Waals surface area (Å²) >= 11 is 11.3. The molecule has 0 aliphatic carbocycles. The van der Waals surface area contributed by atoms with Crippen molar-refractivity contribution in [3.05, 3.63) is 95.3 Å². The van der Waals surface area contributed by atoms with Gasteiger partial charge in [0.15, 0.2) is 5.15 Å². The van der Waals surface area contributed by atoms with Crippen molar-refractivity contribution < 1.29 is 8.78 Å². The van der Waals surface area contributed by atoms with Crippen LogP contribution in [0.3, 0.4) is 0 Å². The van der Waals surface area contributed by atoms with Gasteiger partial charge in [0.2, 0.25) is 0 Å². The van der Waals surface area contributed by atoms with Crippen LogP contribution in [0.4, 0.5) is 14.5 Å². The van der Waals surface area contributed by atoms with E-state index in [0.717, 1.165) is 34.8 Å². The lowest BCUT2D eigenvalue weighted by Crippen LogP contribution is -1.98. The Balaban J connectivity index is 0.000000230. The average Bonchev–Trinajstić information content (AvgIpc) is 3.41. The molecule has 5 rings (SSSR count). The summed E-state index contributed by atoms with van der Waals surface area (Å²) in [6, 6.07) is 15.8. The zero-order chi connectivity index (χ0) is 22.8. The van der Waals surface area contributed by atoms with Crippen LogP contribution < -0.4 is 11.1 Å². The van der Waals surface area contributed by atoms with E-state index in [1.807, 2.05) is 6.07 Å². The summed E-state index contributed by atoms with van der Waals surface area (Å²) in [5, 5.41) is 3.62. The van der Waals surface area contributed by atoms with E-state index in [2.05, 4.69) is 59.8 Å². The van der Waals surface area contributed by atoms with Crippen molar-refractivity contribution in [2.24, 2.45) is 0 Å². The van der Waals surface area contributed by atoms with Gasteiger partial charge in [-0.05, 0) is 47.5 Å². The van der Waals surface area contributed by atoms with Crippen molar-refractivity contribution in [3.63, 3.8) is 0 Å². The number of fused-ring (bicyclic) bond motifs is 1. The molecule has 2 aromatic heterocycles. The van der Waals surface area contributed by atoms with E-state index in [0.29, 0.717) is 10.8 Å². The van der Waals surface area contributed by atoms with Crippen molar-refractivity contribution in [2.45, 2.75) is 11.4 Å². The second kappa shape index (κ2) is 9.32. The number of nitrogens with zero attached hydrogens (tertiary/aromatic N) is 1. The van der Waals surface area contributed by atoms with Crippen molar-refractivity contribution in [1.82, 2.24) is 10.3 Å². The maximum atomic E-state index is 12.3. The highest BCUT2D eigenvalue weighted by molar-refractivity contribution is 7.80. The van der Waals surface area contributed by atoms with Gasteiger partial charge < -0.3 is 11.1 Å². The fourth-order valence-electron chi connectivity index (χ4n) is 3.21. The largest absolute Gasteiger partial charge is 0.396 e. The van der Waals surface area contributed by atoms with Gasteiger partial charge in [-0.15, -0.1) is 24.0 Å². The van der Waals surface area contributed by atoms with Crippen LogP contribution in [0.1, 0.15) is 11.1 Å². The molecular weight excluding hydrogens is 468 g/mol. The first-order valence-corrected chi connectivity index (χ1v) is 11.2. The molecule has 0 saturated heterocycles. The van der Waals surface area contributed by atoms with E-state index in [9.17, 15) is 8.78 Å². The number of halogens is 3. The Labute approximate surface area is 199 Å². The van der Waals surface area contributed by atoms with Crippen molar-refractivity contribution in [2.75, 3.05) is 5.73 Å². The zero-order valence-corrected chi connectivity index (χ0v) is 19.2. The van der Waals surface area contributed by atoms with Crippen LogP contribution in [-0.2, 0) is 6.54 Å². The molecule has 0 unspecified atom stereocenters. The normalized spacial score (nSPS) is 12.1. The van der Waals surface area contributed by atoms with Gasteiger partial charge in [-0.25, -0.2) is 13.8 Å². The van der Waals surface area contributed by atoms with E-state index >= 15 is 0 Å². The van der Waals surface area contributed by atoms with E-state index in [-0.39, 0.29) is 4.90 Å². The van der Waals surface area contributed by atoms with Crippen LogP contribution in [0.2, 0.25) is 5.15 Å². The molecule has 0 bridgehead atoms. The first-order chi connectivity index (χ1) is 15.3. The topological polar surface area (TPSA) is 50.9 Å². The molecule has 0 spiro atoms. The van der Waals surface area contributed by atoms with Crippen LogP contribution in [0, 0.1) is 11.6 Å². The molecule has 3 heterocycles. The summed E-state index contributed by atoms with van der Waals surface area (Å²) < 4.78 is 24.3. The summed E-state index contributed by atoms with van der Waals surface area (Å²) in [6.45, 7) is 4.86. The van der Waals surface area contributed by atoms with E-state index < -0.39 is 11.6 Å². The van der Waals surface area contributed by atoms with Gasteiger partial charge in [0, 0.05) is 50.3 Å². The standard InChI is InChI=1S/C18H14ClN3S.C6H4F2S/c1-10-14-3-2-11(6-12(14)8-21-10)16-4-5-17(23-16)13-7-15(20)18(19)22-9-13;7-4-1-2-6(9)5(8)3-4/h2-7,9,21H,1,8,20H2;1-3,9H. The summed E-state index contributed by atoms with van der Waals surface area (Å²) in [7, 11) is 0. The highest BCUT2D eigenvalue weighted by Gasteiger charge is 2.15. The SMILES string of the molecule is C=C1NCc2cc(-c3ccc(-c4cnc(Cl)c(N)c4)s3)ccc21.Fc1ccc(S)c(F)c1. The van der Waals surface area contributed by atoms with Gasteiger partial charge in [0.25, 0.3) is 0 Å². The predicted octanol–water partition coefficient (Wildman–Crippen LogP) is 7.04. The Hall–Kier alpha value is -2.87. The molecule has 0 atom stereocenters. The molecule has 0 radical (unpaired) electrons. The minimum absolute atomic E-state index is 0.163. The van der Waals surface area contributed by atoms with Crippen LogP contribution in [0.25, 0.3) is 26.6 Å². The molecule has 8 heteroatoms. The molecule has 0 fully saturated rings. The first-order valence-electron chi connectivity index (χ1n) is 9.53. The molecule has 0 saturated carbocycles. The smallest absolute Gasteiger partial charge is 0.151 e. The predicted molar refractivity (Wildman–Crippen MR) is 132 cm³/mol. The molecule has 2 aromatic carbocycles. The molecule has 1 aliphatic heterocycles. The monoisotopic (exact) mass is 485 g/mol. The minimum Gasteiger partial charge on any atom is -0.396 e. The van der Waals surface area contributed by atoms with Crippen molar-refractivity contribution in [1.29, 1.82) is 0 Å². The quantitative estimate of drug-likeness (QED) is 0.211. The van der Waals surface area contributed by atoms with Crippen molar-refractivity contribution >= 4 is 47.0 Å². The number of rotatable bonds is 2. The van der Waals surface area contributed by atoms with Gasteiger partial charge >= 0.3 is 0 Å². The number of nitrogens with two attached hydrogens (primary N) is 1. The summed E-state index contributed by atoms with van der Waals surface area (Å²) in [4.78, 5) is 6.63. The van der Waals surface area contributed by atoms with E-state index in [4.69, 9.17) is 17.3 Å². The lowest BCUT2D eigenvalue weighted by Gasteiger charge is -2.03. The zero-order valence-electron chi connectivity index (χ0n) is 16.7. The number of benzene rings is 2. The second-order valence-electron chi connectivity index (χ2n) is 7.07. The molecule has 4 aromatic rings. The third kappa shape index (κ3) is 4.80. The van der Waals surface area contributed by atoms with Gasteiger partial charge in [-0.3, -0.25) is 0 Å². The maximum Gasteiger partial charge on any atom is 0.151 e. The van der Waals surface area contributed by atoms with Gasteiger partial charge in [-0.1, -0.05) is 30.3 Å². The average molecular weight is 486 g/mol. The Kier molecular flexibility index (Phi) is 6.50. The molecule has 0 amide bonds. The van der Waals surface area contributed by atoms with Crippen LogP contribution in [0.15, 0.2) is 72.3 Å². The fraction of sp³-hybridized carbons (Fsp3) is 0.0417. The number of hydrogen-bond acceptors (Lipinski definition) is 5. The minimum atomic E-state index is -0.627. The number of pyridine rings is 1. The first kappa shape index (κ1) is 22.3. The number of nitrogens with one attached hydrogen (secondary N) is 1. The third-order valence-corrected chi connectivity index (χ3v) is 6.74. The van der Waals surface area contributed by atoms with Crippen molar-refractivity contribution in [3.8, 4) is 20.9 Å². The van der Waals surface area contributed by atoms with Gasteiger partial charge in [-0.2, -0.15) is 0 Å². The van der Waals surface area contributed by atoms with Crippen LogP contribution in [0.5, 0.6) is 0 Å². The third-order valence-electron chi connectivity index (χ3n) is 4.87. The van der Waals surface area contributed by atoms with E-state index in [1.165, 1.54) is 27.6 Å². The lowest BCUT2D eigenvalue weighted by molar-refractivity contribution is 0.566. The molecule has 3 nitrogen and oxygen atoms in total. The molecule has 162 valence electrons. The Morgan fingerprint density at radius 1 is 1.03 bits per heavy atom. The van der Waals surface area contributed by atoms with Gasteiger partial charge in [0.05, 0.1) is 5.69 Å². The maximum absolute atomic E-state index is 12.3. The van der Waals surface area contributed by atoms with E-state index in [1.54, 1.807) is 17.5 Å². The summed E-state index contributed by atoms with van der Waals surface area (Å²) in [6.07, 6.45) is 1.75. The highest BCUT2D eigenvalue weighted by atomic mass is 35.5. The number of thiol groups is 1. The lowest BCUT2D eigenvalue weighted by atomic mass is 10.0. The molecule has 32 heavy (non-hydrogen) atoms. The fourth-order valence-corrected chi connectivity index (χ4v) is 4.44. The summed E-state index contributed by atoms with van der Waals surface area (Å²) in [5.74, 6) is -1.20. The molecule has 3 N–H and O–H groups in total. The number of aromatic nitrogens is 1. The Bertz CT molecular complexity index is 1320. The number of hydrogen-bond donors (Lipinski definition) is 3. The number of thiophene rings is 1. The Morgan fingerprint density at radius 2 is 1.78 bits per heavy atom. The molecule has 1 aliphatic rings.